The third-order valence-electron chi connectivity index (χ3n) is 4.82. The normalized spacial score (nSPS) is 27.0. The first-order valence-corrected chi connectivity index (χ1v) is 7.56. The molecule has 1 unspecified atom stereocenters. The van der Waals surface area contributed by atoms with Crippen molar-refractivity contribution >= 4 is 11.8 Å². The van der Waals surface area contributed by atoms with E-state index in [1.807, 2.05) is 35.2 Å². The number of piperazine rings is 1. The molecule has 4 nitrogen and oxygen atoms in total. The molecule has 1 heterocycles. The van der Waals surface area contributed by atoms with Crippen LogP contribution in [-0.2, 0) is 9.59 Å². The Morgan fingerprint density at radius 2 is 1.71 bits per heavy atom. The van der Waals surface area contributed by atoms with Gasteiger partial charge in [-0.2, -0.15) is 0 Å². The number of hydrogen-bond donors (Lipinski definition) is 1. The van der Waals surface area contributed by atoms with Crippen LogP contribution >= 0.6 is 0 Å². The van der Waals surface area contributed by atoms with E-state index in [1.54, 1.807) is 13.8 Å². The van der Waals surface area contributed by atoms with E-state index in [4.69, 9.17) is 0 Å². The minimum atomic E-state index is -0.832. The standard InChI is InChI=1S/C17H22N2O2/c1-16(2)15(21)19(17(3)10-7-11-17)13(14(20)18-16)12-8-5-4-6-9-12/h4-6,8-9,13H,7,10-11H2,1-3H3,(H,18,20). The summed E-state index contributed by atoms with van der Waals surface area (Å²) in [6.45, 7) is 5.66. The van der Waals surface area contributed by atoms with Gasteiger partial charge in [0.05, 0.1) is 0 Å². The predicted molar refractivity (Wildman–Crippen MR) is 80.5 cm³/mol. The zero-order valence-electron chi connectivity index (χ0n) is 12.8. The van der Waals surface area contributed by atoms with Crippen LogP contribution in [0.4, 0.5) is 0 Å². The Balaban J connectivity index is 2.07. The van der Waals surface area contributed by atoms with Crippen molar-refractivity contribution in [3.05, 3.63) is 35.9 Å². The molecule has 1 atom stereocenters. The molecule has 1 N–H and O–H groups in total. The Bertz CT molecular complexity index is 576. The molecule has 1 aliphatic carbocycles. The second kappa shape index (κ2) is 4.58. The maximum absolute atomic E-state index is 12.9. The Hall–Kier alpha value is -1.84. The number of hydrogen-bond acceptors (Lipinski definition) is 2. The number of nitrogens with zero attached hydrogens (tertiary/aromatic N) is 1. The first kappa shape index (κ1) is 14.1. The van der Waals surface area contributed by atoms with Gasteiger partial charge in [-0.15, -0.1) is 0 Å². The van der Waals surface area contributed by atoms with E-state index in [2.05, 4.69) is 12.2 Å². The fraction of sp³-hybridized carbons (Fsp3) is 0.529. The molecule has 1 aromatic carbocycles. The maximum Gasteiger partial charge on any atom is 0.249 e. The minimum Gasteiger partial charge on any atom is -0.340 e. The average Bonchev–Trinajstić information content (AvgIpc) is 2.40. The van der Waals surface area contributed by atoms with E-state index in [0.29, 0.717) is 0 Å². The molecule has 0 bridgehead atoms. The van der Waals surface area contributed by atoms with E-state index >= 15 is 0 Å². The monoisotopic (exact) mass is 286 g/mol. The molecule has 1 aromatic rings. The molecule has 1 saturated heterocycles. The molecule has 4 heteroatoms. The second-order valence-corrected chi connectivity index (χ2v) is 6.95. The smallest absolute Gasteiger partial charge is 0.249 e. The summed E-state index contributed by atoms with van der Waals surface area (Å²) in [7, 11) is 0. The summed E-state index contributed by atoms with van der Waals surface area (Å²) in [6, 6.07) is 9.07. The molecule has 21 heavy (non-hydrogen) atoms. The number of amides is 2. The van der Waals surface area contributed by atoms with Gasteiger partial charge in [-0.1, -0.05) is 30.3 Å². The average molecular weight is 286 g/mol. The molecular formula is C17H22N2O2. The van der Waals surface area contributed by atoms with Crippen LogP contribution in [0.15, 0.2) is 30.3 Å². The molecular weight excluding hydrogens is 264 g/mol. The van der Waals surface area contributed by atoms with Crippen molar-refractivity contribution in [3.63, 3.8) is 0 Å². The van der Waals surface area contributed by atoms with Crippen molar-refractivity contribution in [2.45, 2.75) is 57.2 Å². The highest BCUT2D eigenvalue weighted by atomic mass is 16.2. The van der Waals surface area contributed by atoms with Gasteiger partial charge in [-0.3, -0.25) is 9.59 Å². The molecule has 0 aromatic heterocycles. The number of benzene rings is 1. The van der Waals surface area contributed by atoms with Crippen molar-refractivity contribution in [1.29, 1.82) is 0 Å². The molecule has 0 spiro atoms. The third-order valence-corrected chi connectivity index (χ3v) is 4.82. The first-order valence-electron chi connectivity index (χ1n) is 7.56. The van der Waals surface area contributed by atoms with Gasteiger partial charge in [0.25, 0.3) is 0 Å². The SMILES string of the molecule is CC1(C)NC(=O)C(c2ccccc2)N(C2(C)CCC2)C1=O. The Labute approximate surface area is 125 Å². The van der Waals surface area contributed by atoms with Crippen molar-refractivity contribution in [2.24, 2.45) is 0 Å². The minimum absolute atomic E-state index is 0.0122. The molecule has 2 amide bonds. The van der Waals surface area contributed by atoms with Gasteiger partial charge in [0.15, 0.2) is 0 Å². The summed E-state index contributed by atoms with van der Waals surface area (Å²) in [5.74, 6) is -0.0721. The van der Waals surface area contributed by atoms with Crippen LogP contribution in [0.5, 0.6) is 0 Å². The molecule has 2 fully saturated rings. The van der Waals surface area contributed by atoms with Crippen LogP contribution in [0.2, 0.25) is 0 Å². The largest absolute Gasteiger partial charge is 0.340 e. The van der Waals surface area contributed by atoms with Crippen molar-refractivity contribution in [2.75, 3.05) is 0 Å². The molecule has 1 saturated carbocycles. The lowest BCUT2D eigenvalue weighted by atomic mass is 9.74. The van der Waals surface area contributed by atoms with Gasteiger partial charge < -0.3 is 10.2 Å². The topological polar surface area (TPSA) is 49.4 Å². The van der Waals surface area contributed by atoms with Gasteiger partial charge in [0.1, 0.15) is 11.6 Å². The number of rotatable bonds is 2. The van der Waals surface area contributed by atoms with Gasteiger partial charge in [0, 0.05) is 5.54 Å². The van der Waals surface area contributed by atoms with Crippen LogP contribution in [0.1, 0.15) is 51.6 Å². The van der Waals surface area contributed by atoms with Crippen molar-refractivity contribution < 1.29 is 9.59 Å². The van der Waals surface area contributed by atoms with Gasteiger partial charge in [-0.25, -0.2) is 0 Å². The van der Waals surface area contributed by atoms with Crippen LogP contribution in [0.25, 0.3) is 0 Å². The van der Waals surface area contributed by atoms with Crippen molar-refractivity contribution in [3.8, 4) is 0 Å². The highest BCUT2D eigenvalue weighted by Crippen LogP contribution is 2.44. The third kappa shape index (κ3) is 2.13. The zero-order valence-corrected chi connectivity index (χ0v) is 12.8. The van der Waals surface area contributed by atoms with E-state index in [0.717, 1.165) is 24.8 Å². The predicted octanol–water partition coefficient (Wildman–Crippen LogP) is 2.41. The fourth-order valence-corrected chi connectivity index (χ4v) is 3.39. The van der Waals surface area contributed by atoms with E-state index in [9.17, 15) is 9.59 Å². The lowest BCUT2D eigenvalue weighted by Gasteiger charge is -2.55. The molecule has 1 aliphatic heterocycles. The van der Waals surface area contributed by atoms with Gasteiger partial charge in [-0.05, 0) is 45.6 Å². The van der Waals surface area contributed by atoms with Crippen LogP contribution < -0.4 is 5.32 Å². The van der Waals surface area contributed by atoms with Crippen LogP contribution in [-0.4, -0.2) is 27.8 Å². The summed E-state index contributed by atoms with van der Waals surface area (Å²) in [4.78, 5) is 27.4. The van der Waals surface area contributed by atoms with Crippen LogP contribution in [0.3, 0.4) is 0 Å². The second-order valence-electron chi connectivity index (χ2n) is 6.95. The quantitative estimate of drug-likeness (QED) is 0.907. The summed E-state index contributed by atoms with van der Waals surface area (Å²) in [5.41, 5.74) is -0.153. The lowest BCUT2D eigenvalue weighted by molar-refractivity contribution is -0.165. The highest BCUT2D eigenvalue weighted by molar-refractivity contribution is 6.00. The van der Waals surface area contributed by atoms with E-state index < -0.39 is 11.6 Å². The highest BCUT2D eigenvalue weighted by Gasteiger charge is 2.54. The summed E-state index contributed by atoms with van der Waals surface area (Å²) < 4.78 is 0. The van der Waals surface area contributed by atoms with Gasteiger partial charge >= 0.3 is 0 Å². The molecule has 2 aliphatic rings. The molecule has 0 radical (unpaired) electrons. The summed E-state index contributed by atoms with van der Waals surface area (Å²) in [6.07, 6.45) is 3.04. The Morgan fingerprint density at radius 1 is 1.10 bits per heavy atom. The Morgan fingerprint density at radius 3 is 2.24 bits per heavy atom. The van der Waals surface area contributed by atoms with E-state index in [-0.39, 0.29) is 17.4 Å². The Kier molecular flexibility index (Phi) is 3.08. The summed E-state index contributed by atoms with van der Waals surface area (Å²) in [5, 5.41) is 2.87. The number of carbonyl (C=O) groups excluding carboxylic acids is 2. The first-order chi connectivity index (χ1) is 9.85. The molecule has 112 valence electrons. The molecule has 3 rings (SSSR count). The lowest BCUT2D eigenvalue weighted by Crippen LogP contribution is -2.70. The fourth-order valence-electron chi connectivity index (χ4n) is 3.39. The zero-order chi connectivity index (χ0) is 15.3. The maximum atomic E-state index is 12.9. The number of nitrogens with one attached hydrogen (secondary N) is 1. The summed E-state index contributed by atoms with van der Waals surface area (Å²) >= 11 is 0. The van der Waals surface area contributed by atoms with Gasteiger partial charge in [0.2, 0.25) is 11.8 Å². The number of carbonyl (C=O) groups is 2. The van der Waals surface area contributed by atoms with E-state index in [1.165, 1.54) is 0 Å². The van der Waals surface area contributed by atoms with Crippen LogP contribution in [0, 0.1) is 0 Å². The van der Waals surface area contributed by atoms with Crippen molar-refractivity contribution in [1.82, 2.24) is 10.2 Å².